The molecule has 0 aliphatic heterocycles. The van der Waals surface area contributed by atoms with Crippen LogP contribution in [0.1, 0.15) is 27.0 Å². The zero-order chi connectivity index (χ0) is 21.1. The van der Waals surface area contributed by atoms with Gasteiger partial charge in [0.05, 0.1) is 30.0 Å². The molecule has 0 radical (unpaired) electrons. The van der Waals surface area contributed by atoms with Crippen molar-refractivity contribution < 1.29 is 9.53 Å². The van der Waals surface area contributed by atoms with Gasteiger partial charge in [0.1, 0.15) is 11.3 Å². The van der Waals surface area contributed by atoms with Crippen molar-refractivity contribution in [3.8, 4) is 11.8 Å². The maximum absolute atomic E-state index is 13.4. The molecule has 0 bridgehead atoms. The van der Waals surface area contributed by atoms with Gasteiger partial charge in [0, 0.05) is 18.0 Å². The summed E-state index contributed by atoms with van der Waals surface area (Å²) in [6, 6.07) is 16.3. The number of aromatic nitrogens is 2. The summed E-state index contributed by atoms with van der Waals surface area (Å²) in [6.07, 6.45) is 3.40. The van der Waals surface area contributed by atoms with Crippen LogP contribution in [0.3, 0.4) is 0 Å². The van der Waals surface area contributed by atoms with Gasteiger partial charge in [0.2, 0.25) is 0 Å². The number of thiazole rings is 1. The van der Waals surface area contributed by atoms with Crippen LogP contribution in [0.4, 0.5) is 5.13 Å². The van der Waals surface area contributed by atoms with Crippen molar-refractivity contribution in [3.63, 3.8) is 0 Å². The van der Waals surface area contributed by atoms with E-state index < -0.39 is 0 Å². The predicted molar refractivity (Wildman–Crippen MR) is 117 cm³/mol. The minimum Gasteiger partial charge on any atom is -0.494 e. The third-order valence-electron chi connectivity index (χ3n) is 4.74. The highest BCUT2D eigenvalue weighted by atomic mass is 32.1. The van der Waals surface area contributed by atoms with E-state index in [9.17, 15) is 4.79 Å². The Labute approximate surface area is 178 Å². The number of benzene rings is 2. The van der Waals surface area contributed by atoms with Crippen LogP contribution in [0.15, 0.2) is 60.9 Å². The summed E-state index contributed by atoms with van der Waals surface area (Å²) in [4.78, 5) is 23.9. The van der Waals surface area contributed by atoms with E-state index in [1.807, 2.05) is 31.2 Å². The summed E-state index contributed by atoms with van der Waals surface area (Å²) < 4.78 is 6.45. The fraction of sp³-hybridized carbons (Fsp3) is 0.130. The van der Waals surface area contributed by atoms with Crippen molar-refractivity contribution >= 4 is 32.6 Å². The third kappa shape index (κ3) is 3.73. The number of fused-ring (bicyclic) bond motifs is 1. The highest BCUT2D eigenvalue weighted by Crippen LogP contribution is 2.37. The van der Waals surface area contributed by atoms with Gasteiger partial charge in [-0.3, -0.25) is 14.7 Å². The Bertz CT molecular complexity index is 1240. The molecule has 7 heteroatoms. The fourth-order valence-electron chi connectivity index (χ4n) is 3.12. The molecule has 2 aromatic carbocycles. The molecule has 0 atom stereocenters. The molecular weight excluding hydrogens is 396 g/mol. The Morgan fingerprint density at radius 2 is 1.87 bits per heavy atom. The van der Waals surface area contributed by atoms with Crippen molar-refractivity contribution in [2.45, 2.75) is 13.5 Å². The molecule has 4 aromatic rings. The number of ether oxygens (including phenoxy) is 1. The van der Waals surface area contributed by atoms with Gasteiger partial charge in [-0.15, -0.1) is 0 Å². The lowest BCUT2D eigenvalue weighted by molar-refractivity contribution is 0.0985. The molecule has 0 saturated carbocycles. The number of carbonyl (C=O) groups is 1. The van der Waals surface area contributed by atoms with Crippen LogP contribution in [0.5, 0.6) is 5.75 Å². The predicted octanol–water partition coefficient (Wildman–Crippen LogP) is 4.73. The van der Waals surface area contributed by atoms with Gasteiger partial charge < -0.3 is 4.74 Å². The number of anilines is 1. The maximum atomic E-state index is 13.4. The second kappa shape index (κ2) is 8.31. The minimum atomic E-state index is -0.188. The van der Waals surface area contributed by atoms with Crippen LogP contribution in [0, 0.1) is 18.3 Å². The molecule has 0 aliphatic carbocycles. The molecule has 0 N–H and O–H groups in total. The number of hydrogen-bond acceptors (Lipinski definition) is 6. The fourth-order valence-corrected chi connectivity index (χ4v) is 4.17. The van der Waals surface area contributed by atoms with Crippen LogP contribution < -0.4 is 9.64 Å². The largest absolute Gasteiger partial charge is 0.494 e. The summed E-state index contributed by atoms with van der Waals surface area (Å²) in [6.45, 7) is 2.36. The van der Waals surface area contributed by atoms with Crippen LogP contribution in [0.25, 0.3) is 10.2 Å². The van der Waals surface area contributed by atoms with E-state index in [0.717, 1.165) is 21.3 Å². The lowest BCUT2D eigenvalue weighted by Gasteiger charge is -2.20. The molecule has 4 rings (SSSR count). The number of nitrogens with zero attached hydrogens (tertiary/aromatic N) is 4. The summed E-state index contributed by atoms with van der Waals surface area (Å²) in [5, 5.41) is 9.62. The van der Waals surface area contributed by atoms with E-state index in [1.54, 1.807) is 48.7 Å². The maximum Gasteiger partial charge on any atom is 0.260 e. The Morgan fingerprint density at radius 3 is 2.53 bits per heavy atom. The second-order valence-electron chi connectivity index (χ2n) is 6.69. The number of carbonyl (C=O) groups excluding carboxylic acids is 1. The number of methoxy groups -OCH3 is 1. The Hall–Kier alpha value is -3.76. The van der Waals surface area contributed by atoms with Gasteiger partial charge in [0.25, 0.3) is 5.91 Å². The number of rotatable bonds is 5. The number of amides is 1. The molecule has 148 valence electrons. The lowest BCUT2D eigenvalue weighted by atomic mass is 10.1. The van der Waals surface area contributed by atoms with E-state index in [1.165, 1.54) is 11.3 Å². The summed E-state index contributed by atoms with van der Waals surface area (Å²) in [7, 11) is 1.61. The molecule has 6 nitrogen and oxygen atoms in total. The minimum absolute atomic E-state index is 0.188. The van der Waals surface area contributed by atoms with Crippen molar-refractivity contribution in [3.05, 3.63) is 83.2 Å². The topological polar surface area (TPSA) is 79.1 Å². The molecule has 0 fully saturated rings. The first-order chi connectivity index (χ1) is 14.6. The standard InChI is InChI=1S/C23H18N4O2S/c1-15-3-8-19(29-2)20-21(15)30-23(26-20)27(14-17-9-11-25-12-10-17)22(28)18-6-4-16(13-24)5-7-18/h3-12H,14H2,1-2H3. The first-order valence-electron chi connectivity index (χ1n) is 9.26. The highest BCUT2D eigenvalue weighted by Gasteiger charge is 2.23. The number of aryl methyl sites for hydroxylation is 1. The van der Waals surface area contributed by atoms with Gasteiger partial charge in [-0.25, -0.2) is 4.98 Å². The Balaban J connectivity index is 1.80. The average Bonchev–Trinajstić information content (AvgIpc) is 3.24. The monoisotopic (exact) mass is 414 g/mol. The second-order valence-corrected chi connectivity index (χ2v) is 7.67. The van der Waals surface area contributed by atoms with Gasteiger partial charge in [-0.1, -0.05) is 17.4 Å². The van der Waals surface area contributed by atoms with Crippen molar-refractivity contribution in [2.24, 2.45) is 0 Å². The molecule has 30 heavy (non-hydrogen) atoms. The molecule has 0 saturated heterocycles. The van der Waals surface area contributed by atoms with E-state index in [4.69, 9.17) is 15.0 Å². The lowest BCUT2D eigenvalue weighted by Crippen LogP contribution is -2.30. The third-order valence-corrected chi connectivity index (χ3v) is 5.95. The number of hydrogen-bond donors (Lipinski definition) is 0. The zero-order valence-electron chi connectivity index (χ0n) is 16.5. The van der Waals surface area contributed by atoms with E-state index in [2.05, 4.69) is 11.1 Å². The first-order valence-corrected chi connectivity index (χ1v) is 10.1. The van der Waals surface area contributed by atoms with Gasteiger partial charge in [0.15, 0.2) is 5.13 Å². The van der Waals surface area contributed by atoms with Crippen molar-refractivity contribution in [1.29, 1.82) is 5.26 Å². The van der Waals surface area contributed by atoms with Crippen LogP contribution in [-0.4, -0.2) is 23.0 Å². The van der Waals surface area contributed by atoms with Gasteiger partial charge in [-0.05, 0) is 60.5 Å². The molecule has 0 aliphatic rings. The van der Waals surface area contributed by atoms with E-state index in [0.29, 0.717) is 28.6 Å². The van der Waals surface area contributed by atoms with Crippen LogP contribution >= 0.6 is 11.3 Å². The first kappa shape index (κ1) is 19.6. The SMILES string of the molecule is COc1ccc(C)c2sc(N(Cc3ccncc3)C(=O)c3ccc(C#N)cc3)nc12. The van der Waals surface area contributed by atoms with E-state index in [-0.39, 0.29) is 5.91 Å². The summed E-state index contributed by atoms with van der Waals surface area (Å²) >= 11 is 1.46. The molecule has 2 aromatic heterocycles. The van der Waals surface area contributed by atoms with Crippen molar-refractivity contribution in [2.75, 3.05) is 12.0 Å². The summed E-state index contributed by atoms with van der Waals surface area (Å²) in [5.74, 6) is 0.486. The number of nitriles is 1. The molecular formula is C23H18N4O2S. The molecule has 2 heterocycles. The Morgan fingerprint density at radius 1 is 1.13 bits per heavy atom. The average molecular weight is 414 g/mol. The smallest absolute Gasteiger partial charge is 0.260 e. The number of pyridine rings is 1. The molecule has 0 spiro atoms. The Kier molecular flexibility index (Phi) is 5.42. The molecule has 1 amide bonds. The van der Waals surface area contributed by atoms with Gasteiger partial charge >= 0.3 is 0 Å². The zero-order valence-corrected chi connectivity index (χ0v) is 17.3. The van der Waals surface area contributed by atoms with Gasteiger partial charge in [-0.2, -0.15) is 5.26 Å². The quantitative estimate of drug-likeness (QED) is 0.472. The highest BCUT2D eigenvalue weighted by molar-refractivity contribution is 7.22. The van der Waals surface area contributed by atoms with Crippen LogP contribution in [-0.2, 0) is 6.54 Å². The normalized spacial score (nSPS) is 10.6. The van der Waals surface area contributed by atoms with Crippen LogP contribution in [0.2, 0.25) is 0 Å². The van der Waals surface area contributed by atoms with Crippen molar-refractivity contribution in [1.82, 2.24) is 9.97 Å². The molecule has 0 unspecified atom stereocenters. The summed E-state index contributed by atoms with van der Waals surface area (Å²) in [5.41, 5.74) is 3.75. The van der Waals surface area contributed by atoms with E-state index >= 15 is 0 Å².